The van der Waals surface area contributed by atoms with Gasteiger partial charge in [-0.15, -0.1) is 0 Å². The summed E-state index contributed by atoms with van der Waals surface area (Å²) in [5, 5.41) is 51.2. The normalized spacial score (nSPS) is 12.9. The van der Waals surface area contributed by atoms with E-state index in [4.69, 9.17) is 10.5 Å². The molecule has 0 saturated heterocycles. The van der Waals surface area contributed by atoms with Crippen LogP contribution in [-0.2, 0) is 68.8 Å². The molecule has 0 spiro atoms. The number of nitrogens with one attached hydrogen (secondary N) is 10. The number of aromatic amines is 1. The highest BCUT2D eigenvalue weighted by Gasteiger charge is 2.34. The number of rotatable bonds is 41. The molecule has 0 aliphatic carbocycles. The number of aromatic nitrogens is 4. The lowest BCUT2D eigenvalue weighted by molar-refractivity contribution is -0.140. The lowest BCUT2D eigenvalue weighted by Crippen LogP contribution is -2.59. The van der Waals surface area contributed by atoms with Crippen molar-refractivity contribution in [2.45, 2.75) is 141 Å². The van der Waals surface area contributed by atoms with Crippen molar-refractivity contribution >= 4 is 127 Å². The van der Waals surface area contributed by atoms with Crippen LogP contribution in [0.3, 0.4) is 0 Å². The fourth-order valence-corrected chi connectivity index (χ4v) is 9.47. The number of hydrogen-bond acceptors (Lipinski definition) is 23. The third-order valence-electron chi connectivity index (χ3n) is 12.4. The quantitative estimate of drug-likeness (QED) is 0.0239. The summed E-state index contributed by atoms with van der Waals surface area (Å²) in [5.41, 5.74) is 5.86. The van der Waals surface area contributed by atoms with Gasteiger partial charge in [-0.3, -0.25) is 52.9 Å². The summed E-state index contributed by atoms with van der Waals surface area (Å²) in [4.78, 5) is 206. The molecule has 480 valence electrons. The van der Waals surface area contributed by atoms with Crippen molar-refractivity contribution in [1.82, 2.24) is 62.5 Å². The molecule has 2 heterocycles. The Morgan fingerprint density at radius 1 is 0.591 bits per heavy atom. The Morgan fingerprint density at radius 3 is 1.53 bits per heavy atom. The number of Topliss-reactive ketones (excluding diaryl/α,β-unsaturated/α-hetero) is 3. The molecule has 88 heavy (non-hydrogen) atoms. The average molecular weight is 1270 g/mol. The Morgan fingerprint density at radius 2 is 1.06 bits per heavy atom. The molecular formula is C53H72N14O19S2. The standard InChI is InChI=1S/C53H72N14O19S2/c1-27(68)5-12-33(45(77)56-21-23-87-88-24-22-86-53(85)55-4)61-48(80)36(16-19-40(72)73)64-47(79)35(14-7-29(3)70)62-49(81)37(17-20-41(74)75)63-46(78)34(13-6-28(2)69)60-39(71)18-15-38(51(83)84)65-44(76)30-8-10-31(11-9-30)57-25-32-26-58-43-42(59-32)50(82)67-52(54)66-43/h8-11,26,33-38,57H,5-7,12-25H2,1-4H3,(H,55,85)(H,56,77)(H,60,71)(H,61,80)(H,62,81)(H,63,78)(H,64,79)(H,65,76)(H,72,73)(H,74,75)(H,83,84)(H3,54,58,66,67,82)/t33-,34-,35-,36-,37-,38-/m0/s1. The van der Waals surface area contributed by atoms with Crippen LogP contribution in [-0.4, -0.2) is 186 Å². The molecule has 0 aliphatic heterocycles. The summed E-state index contributed by atoms with van der Waals surface area (Å²) < 4.78 is 4.90. The van der Waals surface area contributed by atoms with Gasteiger partial charge >= 0.3 is 24.0 Å². The molecule has 0 unspecified atom stereocenters. The lowest BCUT2D eigenvalue weighted by atomic mass is 10.0. The van der Waals surface area contributed by atoms with E-state index in [1.165, 1.54) is 72.9 Å². The Bertz CT molecular complexity index is 3080. The van der Waals surface area contributed by atoms with Gasteiger partial charge in [0.1, 0.15) is 60.2 Å². The van der Waals surface area contributed by atoms with Crippen molar-refractivity contribution in [2.24, 2.45) is 0 Å². The number of ether oxygens (including phenoxy) is 1. The first kappa shape index (κ1) is 73.0. The number of amides is 8. The van der Waals surface area contributed by atoms with E-state index in [-0.39, 0.29) is 80.3 Å². The number of fused-ring (bicyclic) bond motifs is 1. The minimum Gasteiger partial charge on any atom is -0.481 e. The largest absolute Gasteiger partial charge is 0.481 e. The maximum absolute atomic E-state index is 14.0. The van der Waals surface area contributed by atoms with E-state index in [1.54, 1.807) is 0 Å². The van der Waals surface area contributed by atoms with E-state index >= 15 is 0 Å². The molecular weight excluding hydrogens is 1200 g/mol. The monoisotopic (exact) mass is 1270 g/mol. The van der Waals surface area contributed by atoms with Crippen LogP contribution >= 0.6 is 21.6 Å². The fraction of sp³-hybridized carbons (Fsp3) is 0.509. The average Bonchev–Trinajstić information content (AvgIpc) is 1.61. The van der Waals surface area contributed by atoms with Crippen molar-refractivity contribution < 1.29 is 87.2 Å². The lowest BCUT2D eigenvalue weighted by Gasteiger charge is -2.27. The van der Waals surface area contributed by atoms with Gasteiger partial charge in [0.2, 0.25) is 41.4 Å². The summed E-state index contributed by atoms with van der Waals surface area (Å²) in [7, 11) is 4.10. The molecule has 6 atom stereocenters. The zero-order valence-corrected chi connectivity index (χ0v) is 50.1. The van der Waals surface area contributed by atoms with Crippen molar-refractivity contribution in [3.05, 3.63) is 52.1 Å². The van der Waals surface area contributed by atoms with Gasteiger partial charge in [0.15, 0.2) is 11.2 Å². The van der Waals surface area contributed by atoms with Gasteiger partial charge in [0, 0.05) is 74.9 Å². The van der Waals surface area contributed by atoms with Crippen LogP contribution in [0.15, 0.2) is 35.3 Å². The third kappa shape index (κ3) is 27.8. The van der Waals surface area contributed by atoms with E-state index < -0.39 is 164 Å². The van der Waals surface area contributed by atoms with Crippen molar-refractivity contribution in [1.29, 1.82) is 0 Å². The zero-order chi connectivity index (χ0) is 65.5. The Hall–Kier alpha value is -9.28. The number of carbonyl (C=O) groups excluding carboxylic acids is 11. The molecule has 0 saturated carbocycles. The number of aliphatic carboxylic acids is 3. The highest BCUT2D eigenvalue weighted by atomic mass is 33.1. The number of carbonyl (C=O) groups is 14. The number of ketones is 3. The highest BCUT2D eigenvalue weighted by Crippen LogP contribution is 2.20. The predicted octanol–water partition coefficient (Wildman–Crippen LogP) is -1.01. The number of nitrogens with two attached hydrogens (primary N) is 1. The summed E-state index contributed by atoms with van der Waals surface area (Å²) in [6, 6.07) is -4.12. The van der Waals surface area contributed by atoms with Crippen LogP contribution in [0.2, 0.25) is 0 Å². The van der Waals surface area contributed by atoms with Gasteiger partial charge in [-0.05, 0) is 83.6 Å². The number of H-pyrrole nitrogens is 1. The van der Waals surface area contributed by atoms with Crippen LogP contribution < -0.4 is 59.1 Å². The number of anilines is 2. The molecule has 2 aromatic heterocycles. The van der Waals surface area contributed by atoms with E-state index in [1.807, 2.05) is 0 Å². The summed E-state index contributed by atoms with van der Waals surface area (Å²) in [5.74, 6) is -12.0. The summed E-state index contributed by atoms with van der Waals surface area (Å²) >= 11 is 0. The van der Waals surface area contributed by atoms with Crippen LogP contribution in [0.25, 0.3) is 11.2 Å². The van der Waals surface area contributed by atoms with Crippen molar-refractivity contribution in [3.63, 3.8) is 0 Å². The molecule has 0 radical (unpaired) electrons. The number of benzene rings is 1. The molecule has 3 aromatic rings. The Kier molecular flexibility index (Phi) is 31.5. The first-order chi connectivity index (χ1) is 41.6. The van der Waals surface area contributed by atoms with Crippen LogP contribution in [0.4, 0.5) is 16.4 Å². The second-order valence-electron chi connectivity index (χ2n) is 19.6. The van der Waals surface area contributed by atoms with E-state index in [9.17, 15) is 87.2 Å². The van der Waals surface area contributed by atoms with Crippen LogP contribution in [0.1, 0.15) is 114 Å². The van der Waals surface area contributed by atoms with Crippen LogP contribution in [0, 0.1) is 0 Å². The number of carboxylic acid groups (broad SMARTS) is 3. The van der Waals surface area contributed by atoms with E-state index in [0.717, 1.165) is 6.92 Å². The van der Waals surface area contributed by atoms with Gasteiger partial charge in [-0.25, -0.2) is 19.6 Å². The highest BCUT2D eigenvalue weighted by molar-refractivity contribution is 8.76. The smallest absolute Gasteiger partial charge is 0.406 e. The van der Waals surface area contributed by atoms with Gasteiger partial charge in [0.05, 0.1) is 18.4 Å². The molecule has 3 rings (SSSR count). The number of nitrogen functional groups attached to an aromatic ring is 1. The molecule has 8 amide bonds. The van der Waals surface area contributed by atoms with E-state index in [0.29, 0.717) is 22.9 Å². The predicted molar refractivity (Wildman–Crippen MR) is 316 cm³/mol. The molecule has 33 nitrogen and oxygen atoms in total. The minimum atomic E-state index is -1.81. The zero-order valence-electron chi connectivity index (χ0n) is 48.5. The van der Waals surface area contributed by atoms with Crippen LogP contribution in [0.5, 0.6) is 0 Å². The topological polar surface area (TPSA) is 515 Å². The molecule has 35 heteroatoms. The molecule has 1 aromatic carbocycles. The summed E-state index contributed by atoms with van der Waals surface area (Å²) in [6.45, 7) is 3.89. The van der Waals surface area contributed by atoms with Crippen molar-refractivity contribution in [3.8, 4) is 0 Å². The van der Waals surface area contributed by atoms with Gasteiger partial charge in [-0.1, -0.05) is 21.6 Å². The number of hydrogen-bond donors (Lipinski definition) is 14. The Balaban J connectivity index is 1.73. The number of nitrogens with zero attached hydrogens (tertiary/aromatic N) is 3. The molecule has 15 N–H and O–H groups in total. The number of alkyl carbamates (subject to hydrolysis) is 1. The fourth-order valence-electron chi connectivity index (χ4n) is 7.74. The van der Waals surface area contributed by atoms with Gasteiger partial charge in [0.25, 0.3) is 11.5 Å². The molecule has 0 aliphatic rings. The Labute approximate surface area is 510 Å². The summed E-state index contributed by atoms with van der Waals surface area (Å²) in [6.07, 6.45) is -4.94. The second kappa shape index (κ2) is 38.0. The first-order valence-corrected chi connectivity index (χ1v) is 29.8. The molecule has 0 bridgehead atoms. The maximum atomic E-state index is 14.0. The second-order valence-corrected chi connectivity index (χ2v) is 22.3. The molecule has 0 fully saturated rings. The SMILES string of the molecule is CNC(=O)OCCSSCCNC(=O)[C@H](CCC(C)=O)NC(=O)[C@H](CCC(=O)O)NC(=O)[C@H](CCC(C)=O)NC(=O)[C@H](CCC(=O)O)NC(=O)[C@H](CCC(C)=O)NC(=O)CC[C@H](NC(=O)c1ccc(NCc2cnc3nc(N)[nH]c(=O)c3n2)cc1)C(=O)O. The maximum Gasteiger partial charge on any atom is 0.406 e. The van der Waals surface area contributed by atoms with Gasteiger partial charge < -0.3 is 88.0 Å². The van der Waals surface area contributed by atoms with Crippen molar-refractivity contribution in [2.75, 3.05) is 42.8 Å². The third-order valence-corrected chi connectivity index (χ3v) is 14.7. The van der Waals surface area contributed by atoms with Gasteiger partial charge in [-0.2, -0.15) is 4.98 Å². The minimum absolute atomic E-state index is 0.0236. The number of carboxylic acids is 3. The van der Waals surface area contributed by atoms with E-state index in [2.05, 4.69) is 67.8 Å². The first-order valence-electron chi connectivity index (χ1n) is 27.3.